The average Bonchev–Trinajstić information content (AvgIpc) is 2.80. The molecule has 0 amide bonds. The molecule has 3 aromatic carbocycles. The van der Waals surface area contributed by atoms with Crippen molar-refractivity contribution < 1.29 is 14.2 Å². The summed E-state index contributed by atoms with van der Waals surface area (Å²) >= 11 is 0. The zero-order valence-electron chi connectivity index (χ0n) is 17.0. The Hall–Kier alpha value is -2.89. The third kappa shape index (κ3) is 5.17. The highest BCUT2D eigenvalue weighted by Gasteiger charge is 2.21. The molecule has 0 unspecified atom stereocenters. The summed E-state index contributed by atoms with van der Waals surface area (Å²) in [5, 5.41) is 10.4. The predicted octanol–water partition coefficient (Wildman–Crippen LogP) is 4.05. The van der Waals surface area contributed by atoms with E-state index in [1.165, 1.54) is 11.6 Å². The topological polar surface area (TPSA) is 35.9 Å². The fourth-order valence-corrected chi connectivity index (χ4v) is 3.80. The molecule has 3 aromatic rings. The number of hydrogen-bond donors (Lipinski definition) is 1. The summed E-state index contributed by atoms with van der Waals surface area (Å²) in [6, 6.07) is 25.0. The summed E-state index contributed by atoms with van der Waals surface area (Å²) in [6.45, 7) is 3.87. The fourth-order valence-electron chi connectivity index (χ4n) is 3.80. The molecular weight excluding hydrogens is 379 g/mol. The molecule has 0 saturated carbocycles. The van der Waals surface area contributed by atoms with Gasteiger partial charge in [-0.1, -0.05) is 54.6 Å². The molecule has 1 fully saturated rings. The molecule has 30 heavy (non-hydrogen) atoms. The van der Waals surface area contributed by atoms with Crippen LogP contribution in [0.5, 0.6) is 5.75 Å². The van der Waals surface area contributed by atoms with E-state index in [1.54, 1.807) is 6.07 Å². The highest BCUT2D eigenvalue weighted by molar-refractivity contribution is 5.63. The van der Waals surface area contributed by atoms with Gasteiger partial charge in [-0.25, -0.2) is 4.39 Å². The number of para-hydroxylation sites is 1. The van der Waals surface area contributed by atoms with Gasteiger partial charge in [0.25, 0.3) is 0 Å². The summed E-state index contributed by atoms with van der Waals surface area (Å²) in [5.41, 5.74) is 2.95. The number of benzene rings is 3. The van der Waals surface area contributed by atoms with E-state index in [-0.39, 0.29) is 12.4 Å². The Balaban J connectivity index is 1.22. The van der Waals surface area contributed by atoms with Crippen LogP contribution in [0.3, 0.4) is 0 Å². The molecule has 1 heterocycles. The Labute approximate surface area is 177 Å². The van der Waals surface area contributed by atoms with E-state index in [2.05, 4.69) is 21.9 Å². The van der Waals surface area contributed by atoms with Gasteiger partial charge in [0.1, 0.15) is 24.3 Å². The predicted molar refractivity (Wildman–Crippen MR) is 118 cm³/mol. The van der Waals surface area contributed by atoms with Crippen molar-refractivity contribution in [1.82, 2.24) is 4.90 Å². The summed E-state index contributed by atoms with van der Waals surface area (Å²) in [5.74, 6) is 0.566. The maximum atomic E-state index is 14.0. The Kier molecular flexibility index (Phi) is 6.62. The molecule has 4 nitrogen and oxygen atoms in total. The lowest BCUT2D eigenvalue weighted by Crippen LogP contribution is -2.49. The van der Waals surface area contributed by atoms with Gasteiger partial charge < -0.3 is 14.7 Å². The minimum atomic E-state index is -0.571. The van der Waals surface area contributed by atoms with E-state index in [1.807, 2.05) is 54.6 Å². The first kappa shape index (κ1) is 20.4. The lowest BCUT2D eigenvalue weighted by molar-refractivity contribution is 0.0663. The van der Waals surface area contributed by atoms with Crippen LogP contribution in [0.4, 0.5) is 10.1 Å². The largest absolute Gasteiger partial charge is 0.491 e. The number of nitrogens with zero attached hydrogens (tertiary/aromatic N) is 2. The first-order valence-corrected chi connectivity index (χ1v) is 10.4. The van der Waals surface area contributed by atoms with E-state index in [9.17, 15) is 9.50 Å². The van der Waals surface area contributed by atoms with Crippen LogP contribution in [0.2, 0.25) is 0 Å². The number of aliphatic hydroxyl groups excluding tert-OH is 1. The fraction of sp³-hybridized carbons (Fsp3) is 0.280. The molecule has 0 aliphatic carbocycles. The lowest BCUT2D eigenvalue weighted by Gasteiger charge is -2.36. The SMILES string of the molecule is O[C@H](COc1ccc(-c2ccccc2)cc1)CN1CCN(c2ccccc2F)CC1. The van der Waals surface area contributed by atoms with E-state index in [0.29, 0.717) is 12.2 Å². The van der Waals surface area contributed by atoms with Crippen LogP contribution in [-0.2, 0) is 0 Å². The molecular formula is C25H27FN2O2. The number of rotatable bonds is 7. The second-order valence-electron chi connectivity index (χ2n) is 7.59. The maximum Gasteiger partial charge on any atom is 0.146 e. The van der Waals surface area contributed by atoms with Crippen molar-refractivity contribution in [2.75, 3.05) is 44.2 Å². The van der Waals surface area contributed by atoms with Gasteiger partial charge in [0.2, 0.25) is 0 Å². The van der Waals surface area contributed by atoms with Gasteiger partial charge in [0.15, 0.2) is 0 Å². The number of piperazine rings is 1. The maximum absolute atomic E-state index is 14.0. The number of hydrogen-bond acceptors (Lipinski definition) is 4. The molecule has 0 spiro atoms. The normalized spacial score (nSPS) is 15.7. The van der Waals surface area contributed by atoms with E-state index >= 15 is 0 Å². The van der Waals surface area contributed by atoms with Crippen molar-refractivity contribution in [3.8, 4) is 16.9 Å². The van der Waals surface area contributed by atoms with Gasteiger partial charge in [-0.15, -0.1) is 0 Å². The van der Waals surface area contributed by atoms with Gasteiger partial charge in [-0.2, -0.15) is 0 Å². The number of halogens is 1. The molecule has 156 valence electrons. The van der Waals surface area contributed by atoms with Crippen LogP contribution in [0, 0.1) is 5.82 Å². The highest BCUT2D eigenvalue weighted by atomic mass is 19.1. The van der Waals surface area contributed by atoms with Crippen molar-refractivity contribution in [2.24, 2.45) is 0 Å². The lowest BCUT2D eigenvalue weighted by atomic mass is 10.1. The number of aliphatic hydroxyl groups is 1. The summed E-state index contributed by atoms with van der Waals surface area (Å²) in [7, 11) is 0. The van der Waals surface area contributed by atoms with Crippen molar-refractivity contribution in [2.45, 2.75) is 6.10 Å². The molecule has 1 N–H and O–H groups in total. The Morgan fingerprint density at radius 1 is 0.800 bits per heavy atom. The molecule has 0 bridgehead atoms. The van der Waals surface area contributed by atoms with Gasteiger partial charge in [-0.3, -0.25) is 4.90 Å². The summed E-state index contributed by atoms with van der Waals surface area (Å²) < 4.78 is 19.7. The van der Waals surface area contributed by atoms with Crippen molar-refractivity contribution in [3.05, 3.63) is 84.7 Å². The van der Waals surface area contributed by atoms with Crippen LogP contribution in [0.25, 0.3) is 11.1 Å². The molecule has 5 heteroatoms. The van der Waals surface area contributed by atoms with Crippen LogP contribution in [0.1, 0.15) is 0 Å². The molecule has 0 radical (unpaired) electrons. The minimum absolute atomic E-state index is 0.183. The molecule has 1 aliphatic rings. The van der Waals surface area contributed by atoms with Gasteiger partial charge in [0.05, 0.1) is 5.69 Å². The Bertz CT molecular complexity index is 925. The van der Waals surface area contributed by atoms with E-state index in [4.69, 9.17) is 4.74 Å². The second-order valence-corrected chi connectivity index (χ2v) is 7.59. The Morgan fingerprint density at radius 3 is 2.13 bits per heavy atom. The number of anilines is 1. The van der Waals surface area contributed by atoms with E-state index in [0.717, 1.165) is 37.5 Å². The molecule has 1 atom stereocenters. The van der Waals surface area contributed by atoms with Crippen LogP contribution in [-0.4, -0.2) is 55.4 Å². The van der Waals surface area contributed by atoms with Gasteiger partial charge in [-0.05, 0) is 35.4 Å². The second kappa shape index (κ2) is 9.74. The summed E-state index contributed by atoms with van der Waals surface area (Å²) in [6.07, 6.45) is -0.571. The quantitative estimate of drug-likeness (QED) is 0.642. The number of β-amino-alcohol motifs (C(OH)–C–C–N with tert-alkyl or cyclic N) is 1. The van der Waals surface area contributed by atoms with Crippen molar-refractivity contribution in [1.29, 1.82) is 0 Å². The third-order valence-electron chi connectivity index (χ3n) is 5.44. The van der Waals surface area contributed by atoms with Crippen LogP contribution >= 0.6 is 0 Å². The smallest absolute Gasteiger partial charge is 0.146 e. The third-order valence-corrected chi connectivity index (χ3v) is 5.44. The van der Waals surface area contributed by atoms with Crippen molar-refractivity contribution >= 4 is 5.69 Å². The summed E-state index contributed by atoms with van der Waals surface area (Å²) in [4.78, 5) is 4.26. The first-order valence-electron chi connectivity index (χ1n) is 10.4. The minimum Gasteiger partial charge on any atom is -0.491 e. The molecule has 4 rings (SSSR count). The first-order chi connectivity index (χ1) is 14.7. The van der Waals surface area contributed by atoms with Crippen LogP contribution < -0.4 is 9.64 Å². The standard InChI is InChI=1S/C25H27FN2O2/c26-24-8-4-5-9-25(24)28-16-14-27(15-17-28)18-22(29)19-30-23-12-10-21(11-13-23)20-6-2-1-3-7-20/h1-13,22,29H,14-19H2/t22-/m0/s1. The average molecular weight is 407 g/mol. The zero-order chi connectivity index (χ0) is 20.8. The molecule has 1 saturated heterocycles. The molecule has 0 aromatic heterocycles. The van der Waals surface area contributed by atoms with E-state index < -0.39 is 6.10 Å². The highest BCUT2D eigenvalue weighted by Crippen LogP contribution is 2.22. The monoisotopic (exact) mass is 406 g/mol. The van der Waals surface area contributed by atoms with Crippen molar-refractivity contribution in [3.63, 3.8) is 0 Å². The Morgan fingerprint density at radius 2 is 1.43 bits per heavy atom. The van der Waals surface area contributed by atoms with Gasteiger partial charge in [0, 0.05) is 32.7 Å². The van der Waals surface area contributed by atoms with Crippen LogP contribution in [0.15, 0.2) is 78.9 Å². The number of ether oxygens (including phenoxy) is 1. The van der Waals surface area contributed by atoms with Gasteiger partial charge >= 0.3 is 0 Å². The molecule has 1 aliphatic heterocycles. The zero-order valence-corrected chi connectivity index (χ0v) is 17.0.